The van der Waals surface area contributed by atoms with E-state index in [1.54, 1.807) is 0 Å². The number of ether oxygens (including phenoxy) is 1. The molecule has 0 aromatic rings. The van der Waals surface area contributed by atoms with Gasteiger partial charge in [0.15, 0.2) is 0 Å². The zero-order valence-electron chi connectivity index (χ0n) is 12.8. The fourth-order valence-electron chi connectivity index (χ4n) is 2.68. The molecular weight excluding hydrogens is 224 g/mol. The van der Waals surface area contributed by atoms with Crippen LogP contribution in [0, 0.1) is 5.41 Å². The summed E-state index contributed by atoms with van der Waals surface area (Å²) in [6.07, 6.45) is 5.48. The van der Waals surface area contributed by atoms with Crippen LogP contribution in [-0.4, -0.2) is 50.8 Å². The highest BCUT2D eigenvalue weighted by atomic mass is 16.5. The third kappa shape index (κ3) is 6.17. The molecule has 1 saturated carbocycles. The Morgan fingerprint density at radius 1 is 1.22 bits per heavy atom. The smallest absolute Gasteiger partial charge is 0.0590 e. The number of hydrogen-bond acceptors (Lipinski definition) is 3. The van der Waals surface area contributed by atoms with Crippen molar-refractivity contribution in [3.8, 4) is 0 Å². The minimum absolute atomic E-state index is 0.576. The van der Waals surface area contributed by atoms with Crippen LogP contribution < -0.4 is 5.32 Å². The lowest BCUT2D eigenvalue weighted by molar-refractivity contribution is 0.125. The fraction of sp³-hybridized carbons (Fsp3) is 1.00. The molecule has 1 fully saturated rings. The minimum Gasteiger partial charge on any atom is -0.380 e. The molecule has 0 radical (unpaired) electrons. The Labute approximate surface area is 113 Å². The molecule has 0 heterocycles. The van der Waals surface area contributed by atoms with Crippen molar-refractivity contribution in [2.45, 2.75) is 52.5 Å². The largest absolute Gasteiger partial charge is 0.380 e. The number of rotatable bonds is 8. The maximum absolute atomic E-state index is 5.30. The second-order valence-electron chi connectivity index (χ2n) is 6.32. The van der Waals surface area contributed by atoms with Crippen molar-refractivity contribution < 1.29 is 4.74 Å². The molecule has 0 spiro atoms. The van der Waals surface area contributed by atoms with Gasteiger partial charge in [0, 0.05) is 32.3 Å². The van der Waals surface area contributed by atoms with Gasteiger partial charge in [-0.3, -0.25) is 0 Å². The van der Waals surface area contributed by atoms with E-state index in [9.17, 15) is 0 Å². The Bertz CT molecular complexity index is 209. The van der Waals surface area contributed by atoms with Crippen LogP contribution in [0.25, 0.3) is 0 Å². The van der Waals surface area contributed by atoms with Gasteiger partial charge in [0.2, 0.25) is 0 Å². The van der Waals surface area contributed by atoms with Gasteiger partial charge in [0.1, 0.15) is 0 Å². The third-order valence-electron chi connectivity index (χ3n) is 4.20. The Balaban J connectivity index is 2.05. The molecule has 0 amide bonds. The average Bonchev–Trinajstić information content (AvgIpc) is 2.33. The first-order chi connectivity index (χ1) is 8.55. The van der Waals surface area contributed by atoms with E-state index in [1.807, 2.05) is 6.92 Å². The summed E-state index contributed by atoms with van der Waals surface area (Å²) < 4.78 is 5.30. The van der Waals surface area contributed by atoms with Crippen LogP contribution in [-0.2, 0) is 4.74 Å². The van der Waals surface area contributed by atoms with Crippen molar-refractivity contribution in [2.75, 3.05) is 39.9 Å². The van der Waals surface area contributed by atoms with Gasteiger partial charge in [0.25, 0.3) is 0 Å². The lowest BCUT2D eigenvalue weighted by atomic mass is 9.75. The normalized spacial score (nSPS) is 20.5. The summed E-state index contributed by atoms with van der Waals surface area (Å²) in [7, 11) is 2.27. The molecule has 1 aliphatic rings. The highest BCUT2D eigenvalue weighted by Crippen LogP contribution is 2.36. The molecule has 0 aliphatic heterocycles. The SMILES string of the molecule is CCOCCNCCN(C)C1CCC(C)(C)CC1. The van der Waals surface area contributed by atoms with Crippen LogP contribution in [0.15, 0.2) is 0 Å². The molecule has 0 aromatic heterocycles. The van der Waals surface area contributed by atoms with E-state index in [-0.39, 0.29) is 0 Å². The first kappa shape index (κ1) is 15.9. The summed E-state index contributed by atoms with van der Waals surface area (Å²) >= 11 is 0. The van der Waals surface area contributed by atoms with Crippen molar-refractivity contribution >= 4 is 0 Å². The third-order valence-corrected chi connectivity index (χ3v) is 4.20. The quantitative estimate of drug-likeness (QED) is 0.675. The predicted octanol–water partition coefficient (Wildman–Crippen LogP) is 2.51. The minimum atomic E-state index is 0.576. The highest BCUT2D eigenvalue weighted by Gasteiger charge is 2.28. The van der Waals surface area contributed by atoms with E-state index >= 15 is 0 Å². The summed E-state index contributed by atoms with van der Waals surface area (Å²) in [5, 5.41) is 3.44. The van der Waals surface area contributed by atoms with E-state index in [0.29, 0.717) is 5.41 Å². The van der Waals surface area contributed by atoms with Crippen LogP contribution in [0.5, 0.6) is 0 Å². The molecule has 0 atom stereocenters. The van der Waals surface area contributed by atoms with E-state index in [0.717, 1.165) is 38.9 Å². The Kier molecular flexibility index (Phi) is 7.20. The zero-order chi connectivity index (χ0) is 13.4. The molecule has 0 bridgehead atoms. The highest BCUT2D eigenvalue weighted by molar-refractivity contribution is 4.82. The topological polar surface area (TPSA) is 24.5 Å². The van der Waals surface area contributed by atoms with Gasteiger partial charge >= 0.3 is 0 Å². The van der Waals surface area contributed by atoms with Gasteiger partial charge in [-0.25, -0.2) is 0 Å². The summed E-state index contributed by atoms with van der Waals surface area (Å²) in [4.78, 5) is 2.53. The van der Waals surface area contributed by atoms with Crippen molar-refractivity contribution in [3.05, 3.63) is 0 Å². The molecule has 1 N–H and O–H groups in total. The summed E-state index contributed by atoms with van der Waals surface area (Å²) in [5.74, 6) is 0. The van der Waals surface area contributed by atoms with Crippen molar-refractivity contribution in [3.63, 3.8) is 0 Å². The maximum Gasteiger partial charge on any atom is 0.0590 e. The number of likely N-dealkylation sites (N-methyl/N-ethyl adjacent to an activating group) is 1. The molecule has 0 aromatic carbocycles. The van der Waals surface area contributed by atoms with Gasteiger partial charge in [-0.15, -0.1) is 0 Å². The number of nitrogens with one attached hydrogen (secondary N) is 1. The summed E-state index contributed by atoms with van der Waals surface area (Å²) in [6.45, 7) is 11.7. The van der Waals surface area contributed by atoms with E-state index in [2.05, 4.69) is 31.1 Å². The molecule has 0 saturated heterocycles. The van der Waals surface area contributed by atoms with Crippen LogP contribution in [0.1, 0.15) is 46.5 Å². The second-order valence-corrected chi connectivity index (χ2v) is 6.32. The first-order valence-corrected chi connectivity index (χ1v) is 7.54. The summed E-state index contributed by atoms with van der Waals surface area (Å²) in [5.41, 5.74) is 0.576. The van der Waals surface area contributed by atoms with Crippen molar-refractivity contribution in [1.82, 2.24) is 10.2 Å². The van der Waals surface area contributed by atoms with Crippen LogP contribution in [0.2, 0.25) is 0 Å². The average molecular weight is 256 g/mol. The lowest BCUT2D eigenvalue weighted by Crippen LogP contribution is -2.40. The van der Waals surface area contributed by atoms with Gasteiger partial charge in [-0.2, -0.15) is 0 Å². The monoisotopic (exact) mass is 256 g/mol. The van der Waals surface area contributed by atoms with Crippen LogP contribution >= 0.6 is 0 Å². The van der Waals surface area contributed by atoms with Gasteiger partial charge in [0.05, 0.1) is 6.61 Å². The fourth-order valence-corrected chi connectivity index (χ4v) is 2.68. The standard InChI is InChI=1S/C15H32N2O/c1-5-18-13-11-16-10-12-17(4)14-6-8-15(2,3)9-7-14/h14,16H,5-13H2,1-4H3. The van der Waals surface area contributed by atoms with Gasteiger partial charge in [-0.1, -0.05) is 13.8 Å². The van der Waals surface area contributed by atoms with Crippen LogP contribution in [0.4, 0.5) is 0 Å². The molecule has 0 unspecified atom stereocenters. The molecule has 18 heavy (non-hydrogen) atoms. The van der Waals surface area contributed by atoms with Gasteiger partial charge < -0.3 is 15.0 Å². The first-order valence-electron chi connectivity index (χ1n) is 7.54. The molecule has 3 nitrogen and oxygen atoms in total. The molecule has 1 rings (SSSR count). The summed E-state index contributed by atoms with van der Waals surface area (Å²) in [6, 6.07) is 0.798. The predicted molar refractivity (Wildman–Crippen MR) is 78.0 cm³/mol. The molecule has 108 valence electrons. The Morgan fingerprint density at radius 2 is 1.89 bits per heavy atom. The van der Waals surface area contributed by atoms with E-state index in [4.69, 9.17) is 4.74 Å². The van der Waals surface area contributed by atoms with E-state index < -0.39 is 0 Å². The van der Waals surface area contributed by atoms with Gasteiger partial charge in [-0.05, 0) is 45.1 Å². The number of nitrogens with zero attached hydrogens (tertiary/aromatic N) is 1. The van der Waals surface area contributed by atoms with Crippen molar-refractivity contribution in [2.24, 2.45) is 5.41 Å². The van der Waals surface area contributed by atoms with Crippen LogP contribution in [0.3, 0.4) is 0 Å². The molecule has 1 aliphatic carbocycles. The molecular formula is C15H32N2O. The van der Waals surface area contributed by atoms with E-state index in [1.165, 1.54) is 25.7 Å². The Hall–Kier alpha value is -0.120. The second kappa shape index (κ2) is 8.13. The Morgan fingerprint density at radius 3 is 2.50 bits per heavy atom. The lowest BCUT2D eigenvalue weighted by Gasteiger charge is -2.38. The zero-order valence-corrected chi connectivity index (χ0v) is 12.8. The number of hydrogen-bond donors (Lipinski definition) is 1. The molecule has 3 heteroatoms. The maximum atomic E-state index is 5.30. The van der Waals surface area contributed by atoms with Crippen molar-refractivity contribution in [1.29, 1.82) is 0 Å².